The molecule has 2 N–H and O–H groups in total. The van der Waals surface area contributed by atoms with E-state index in [1.807, 2.05) is 30.3 Å². The zero-order valence-electron chi connectivity index (χ0n) is 16.6. The first kappa shape index (κ1) is 19.1. The maximum absolute atomic E-state index is 13.0. The van der Waals surface area contributed by atoms with E-state index < -0.39 is 23.5 Å². The van der Waals surface area contributed by atoms with Gasteiger partial charge in [0.25, 0.3) is 0 Å². The van der Waals surface area contributed by atoms with Crippen molar-refractivity contribution in [2.24, 2.45) is 0 Å². The number of hydrogen-bond acceptors (Lipinski definition) is 5. The summed E-state index contributed by atoms with van der Waals surface area (Å²) in [6, 6.07) is 13.4. The maximum atomic E-state index is 13.0. The van der Waals surface area contributed by atoms with E-state index in [-0.39, 0.29) is 24.7 Å². The molecular weight excluding hydrogens is 425 g/mol. The maximum Gasteiger partial charge on any atom is 0.449 e. The van der Waals surface area contributed by atoms with Crippen LogP contribution in [0.25, 0.3) is 0 Å². The van der Waals surface area contributed by atoms with Crippen LogP contribution in [0.3, 0.4) is 0 Å². The van der Waals surface area contributed by atoms with Crippen molar-refractivity contribution >= 4 is 17.3 Å². The zero-order chi connectivity index (χ0) is 22.1. The van der Waals surface area contributed by atoms with Gasteiger partial charge in [0, 0.05) is 23.7 Å². The van der Waals surface area contributed by atoms with E-state index in [9.17, 15) is 18.0 Å². The van der Waals surface area contributed by atoms with Gasteiger partial charge in [-0.1, -0.05) is 18.2 Å². The van der Waals surface area contributed by atoms with Crippen LogP contribution >= 0.6 is 0 Å². The van der Waals surface area contributed by atoms with E-state index in [4.69, 9.17) is 13.9 Å². The minimum Gasteiger partial charge on any atom is -0.491 e. The minimum absolute atomic E-state index is 0.134. The fourth-order valence-electron chi connectivity index (χ4n) is 4.66. The summed E-state index contributed by atoms with van der Waals surface area (Å²) < 4.78 is 55.2. The number of amides is 1. The van der Waals surface area contributed by atoms with Crippen molar-refractivity contribution < 1.29 is 31.9 Å². The molecule has 0 fully saturated rings. The molecule has 1 spiro atoms. The van der Waals surface area contributed by atoms with Gasteiger partial charge in [0.2, 0.25) is 11.7 Å². The Morgan fingerprint density at radius 3 is 2.69 bits per heavy atom. The van der Waals surface area contributed by atoms with Crippen molar-refractivity contribution in [3.05, 3.63) is 71.2 Å². The fourth-order valence-corrected chi connectivity index (χ4v) is 4.66. The normalized spacial score (nSPS) is 23.0. The summed E-state index contributed by atoms with van der Waals surface area (Å²) in [5.74, 6) is 0.110. The molecule has 32 heavy (non-hydrogen) atoms. The lowest BCUT2D eigenvalue weighted by Crippen LogP contribution is -2.37. The Morgan fingerprint density at radius 1 is 1.03 bits per heavy atom. The average Bonchev–Trinajstić information content (AvgIpc) is 3.44. The Hall–Kier alpha value is -3.62. The summed E-state index contributed by atoms with van der Waals surface area (Å²) in [5.41, 5.74) is 2.19. The standard InChI is InChI=1S/C23H17F3N2O4/c24-23(25,26)20-6-5-12(32-20)7-13-10-27-17-8-15-18(9-19(17)31-13)30-11-22(15)14-3-1-2-4-16(14)28-21(22)29/h1-6,8-9,13,27H,7,10-11H2,(H,28,29). The number of benzene rings is 2. The van der Waals surface area contributed by atoms with Gasteiger partial charge in [0.15, 0.2) is 0 Å². The molecule has 2 unspecified atom stereocenters. The van der Waals surface area contributed by atoms with Gasteiger partial charge in [-0.05, 0) is 29.8 Å². The minimum atomic E-state index is -4.52. The summed E-state index contributed by atoms with van der Waals surface area (Å²) in [5, 5.41) is 6.21. The molecule has 2 aromatic carbocycles. The van der Waals surface area contributed by atoms with Crippen molar-refractivity contribution in [1.29, 1.82) is 0 Å². The second kappa shape index (κ2) is 6.44. The monoisotopic (exact) mass is 442 g/mol. The molecular formula is C23H17F3N2O4. The predicted molar refractivity (Wildman–Crippen MR) is 108 cm³/mol. The number of hydrogen-bond donors (Lipinski definition) is 2. The van der Waals surface area contributed by atoms with Gasteiger partial charge in [0.1, 0.15) is 35.4 Å². The van der Waals surface area contributed by atoms with Gasteiger partial charge in [-0.15, -0.1) is 0 Å². The van der Waals surface area contributed by atoms with Crippen molar-refractivity contribution in [2.45, 2.75) is 24.1 Å². The van der Waals surface area contributed by atoms with E-state index >= 15 is 0 Å². The third-order valence-corrected chi connectivity index (χ3v) is 6.19. The molecule has 2 atom stereocenters. The first-order valence-electron chi connectivity index (χ1n) is 10.1. The van der Waals surface area contributed by atoms with Crippen molar-refractivity contribution in [2.75, 3.05) is 23.8 Å². The number of ether oxygens (including phenoxy) is 2. The number of alkyl halides is 3. The molecule has 0 radical (unpaired) electrons. The number of halogens is 3. The van der Waals surface area contributed by atoms with E-state index in [0.717, 1.165) is 22.9 Å². The van der Waals surface area contributed by atoms with Gasteiger partial charge in [0.05, 0.1) is 12.2 Å². The molecule has 6 rings (SSSR count). The molecule has 9 heteroatoms. The molecule has 164 valence electrons. The number of carbonyl (C=O) groups excluding carboxylic acids is 1. The van der Waals surface area contributed by atoms with Gasteiger partial charge in [-0.2, -0.15) is 13.2 Å². The van der Waals surface area contributed by atoms with Crippen molar-refractivity contribution in [3.8, 4) is 11.5 Å². The molecule has 0 saturated heterocycles. The lowest BCUT2D eigenvalue weighted by atomic mass is 9.77. The van der Waals surface area contributed by atoms with Gasteiger partial charge >= 0.3 is 6.18 Å². The lowest BCUT2D eigenvalue weighted by molar-refractivity contribution is -0.153. The van der Waals surface area contributed by atoms with Crippen LogP contribution in [-0.4, -0.2) is 25.2 Å². The Morgan fingerprint density at radius 2 is 1.88 bits per heavy atom. The van der Waals surface area contributed by atoms with Crippen molar-refractivity contribution in [1.82, 2.24) is 0 Å². The quantitative estimate of drug-likeness (QED) is 0.618. The van der Waals surface area contributed by atoms with E-state index in [2.05, 4.69) is 10.6 Å². The summed E-state index contributed by atoms with van der Waals surface area (Å²) in [6.45, 7) is 0.564. The van der Waals surface area contributed by atoms with Gasteiger partial charge in [-0.3, -0.25) is 4.79 Å². The Labute approximate surface area is 180 Å². The van der Waals surface area contributed by atoms with E-state index in [1.54, 1.807) is 6.07 Å². The summed E-state index contributed by atoms with van der Waals surface area (Å²) in [4.78, 5) is 13.0. The molecule has 3 aliphatic heterocycles. The second-order valence-electron chi connectivity index (χ2n) is 8.13. The summed E-state index contributed by atoms with van der Waals surface area (Å²) in [6.07, 6.45) is -4.76. The predicted octanol–water partition coefficient (Wildman–Crippen LogP) is 4.34. The third kappa shape index (κ3) is 2.70. The van der Waals surface area contributed by atoms with Crippen LogP contribution in [0.1, 0.15) is 22.6 Å². The SMILES string of the molecule is O=C1Nc2ccccc2C12COc1cc3c(cc12)NCC(Cc1ccc(C(F)(F)F)o1)O3. The molecule has 3 aromatic rings. The number of nitrogens with one attached hydrogen (secondary N) is 2. The van der Waals surface area contributed by atoms with Gasteiger partial charge < -0.3 is 24.5 Å². The molecule has 1 aromatic heterocycles. The smallest absolute Gasteiger partial charge is 0.449 e. The zero-order valence-corrected chi connectivity index (χ0v) is 16.6. The lowest BCUT2D eigenvalue weighted by Gasteiger charge is -2.28. The molecule has 0 bridgehead atoms. The molecule has 0 saturated carbocycles. The highest BCUT2D eigenvalue weighted by Crippen LogP contribution is 2.52. The van der Waals surface area contributed by atoms with Crippen LogP contribution in [0.2, 0.25) is 0 Å². The van der Waals surface area contributed by atoms with Crippen LogP contribution in [0.5, 0.6) is 11.5 Å². The number of furan rings is 1. The van der Waals surface area contributed by atoms with Crippen molar-refractivity contribution in [3.63, 3.8) is 0 Å². The first-order valence-corrected chi connectivity index (χ1v) is 10.1. The molecule has 6 nitrogen and oxygen atoms in total. The van der Waals surface area contributed by atoms with Gasteiger partial charge in [-0.25, -0.2) is 0 Å². The Kier molecular flexibility index (Phi) is 3.84. The third-order valence-electron chi connectivity index (χ3n) is 6.19. The Balaban J connectivity index is 1.29. The van der Waals surface area contributed by atoms with E-state index in [0.29, 0.717) is 23.7 Å². The van der Waals surface area contributed by atoms with Crippen LogP contribution < -0.4 is 20.1 Å². The number of anilines is 2. The van der Waals surface area contributed by atoms with Crippen LogP contribution in [0.15, 0.2) is 52.9 Å². The number of para-hydroxylation sites is 1. The van der Waals surface area contributed by atoms with Crippen LogP contribution in [-0.2, 0) is 22.8 Å². The van der Waals surface area contributed by atoms with E-state index in [1.165, 1.54) is 6.07 Å². The summed E-state index contributed by atoms with van der Waals surface area (Å²) >= 11 is 0. The highest BCUT2D eigenvalue weighted by Gasteiger charge is 2.54. The van der Waals surface area contributed by atoms with Crippen LogP contribution in [0, 0.1) is 0 Å². The molecule has 4 heterocycles. The van der Waals surface area contributed by atoms with Crippen LogP contribution in [0.4, 0.5) is 24.5 Å². The first-order chi connectivity index (χ1) is 15.3. The Bertz CT molecular complexity index is 1250. The molecule has 0 aliphatic carbocycles. The molecule has 3 aliphatic rings. The second-order valence-corrected chi connectivity index (χ2v) is 8.13. The highest BCUT2D eigenvalue weighted by molar-refractivity contribution is 6.10. The number of rotatable bonds is 2. The highest BCUT2D eigenvalue weighted by atomic mass is 19.4. The molecule has 1 amide bonds. The number of fused-ring (bicyclic) bond motifs is 5. The fraction of sp³-hybridized carbons (Fsp3) is 0.261. The topological polar surface area (TPSA) is 72.7 Å². The average molecular weight is 442 g/mol. The largest absolute Gasteiger partial charge is 0.491 e. The summed E-state index contributed by atoms with van der Waals surface area (Å²) in [7, 11) is 0. The number of carbonyl (C=O) groups is 1.